The number of anilines is 1. The highest BCUT2D eigenvalue weighted by atomic mass is 19.4. The molecule has 7 rings (SSSR count). The number of carbonyl (C=O) groups is 6. The number of nitrogens with one attached hydrogen (secondary N) is 3. The number of amides is 6. The number of benzene rings is 2. The van der Waals surface area contributed by atoms with Gasteiger partial charge in [-0.15, -0.1) is 0 Å². The van der Waals surface area contributed by atoms with Gasteiger partial charge in [0, 0.05) is 61.1 Å². The van der Waals surface area contributed by atoms with Gasteiger partial charge in [-0.05, 0) is 79.3 Å². The fourth-order valence-electron chi connectivity index (χ4n) is 7.17. The van der Waals surface area contributed by atoms with Crippen LogP contribution in [0, 0.1) is 0 Å². The van der Waals surface area contributed by atoms with E-state index in [1.165, 1.54) is 34.1 Å². The number of hydrogen-bond donors (Lipinski definition) is 4. The number of fused-ring (bicyclic) bond motifs is 1. The van der Waals surface area contributed by atoms with Crippen LogP contribution in [0.1, 0.15) is 84.2 Å². The van der Waals surface area contributed by atoms with Crippen molar-refractivity contribution in [2.24, 2.45) is 5.73 Å². The lowest BCUT2D eigenvalue weighted by atomic mass is 10.00. The second kappa shape index (κ2) is 19.8. The van der Waals surface area contributed by atoms with Crippen molar-refractivity contribution in [1.82, 2.24) is 35.3 Å². The van der Waals surface area contributed by atoms with Crippen molar-refractivity contribution in [2.45, 2.75) is 57.3 Å². The highest BCUT2D eigenvalue weighted by Crippen LogP contribution is 2.31. The minimum absolute atomic E-state index is 0.0324. The Morgan fingerprint density at radius 2 is 1.75 bits per heavy atom. The zero-order valence-corrected chi connectivity index (χ0v) is 34.1. The molecular formula is C43H42F3N9O9. The first-order chi connectivity index (χ1) is 30.7. The molecule has 64 heavy (non-hydrogen) atoms. The van der Waals surface area contributed by atoms with Crippen molar-refractivity contribution < 1.29 is 55.8 Å². The number of halogens is 3. The summed E-state index contributed by atoms with van der Waals surface area (Å²) >= 11 is 0. The monoisotopic (exact) mass is 885 g/mol. The third kappa shape index (κ3) is 11.0. The molecule has 18 nitrogen and oxygen atoms in total. The number of hydrogen-bond acceptors (Lipinski definition) is 12. The van der Waals surface area contributed by atoms with Crippen LogP contribution < -0.4 is 21.7 Å². The van der Waals surface area contributed by atoms with E-state index in [0.29, 0.717) is 68.0 Å². The molecule has 2 aliphatic heterocycles. The van der Waals surface area contributed by atoms with E-state index >= 15 is 0 Å². The maximum absolute atomic E-state index is 13.1. The third-order valence-corrected chi connectivity index (χ3v) is 10.4. The van der Waals surface area contributed by atoms with Gasteiger partial charge in [-0.1, -0.05) is 12.1 Å². The number of aryl methyl sites for hydroxylation is 2. The van der Waals surface area contributed by atoms with Crippen molar-refractivity contribution in [2.75, 3.05) is 38.3 Å². The van der Waals surface area contributed by atoms with E-state index < -0.39 is 36.4 Å². The summed E-state index contributed by atoms with van der Waals surface area (Å²) in [7, 11) is 0. The lowest BCUT2D eigenvalue weighted by Gasteiger charge is -2.29. The zero-order chi connectivity index (χ0) is 45.4. The van der Waals surface area contributed by atoms with Crippen LogP contribution in [0.15, 0.2) is 77.7 Å². The summed E-state index contributed by atoms with van der Waals surface area (Å²) in [6.07, 6.45) is -0.157. The van der Waals surface area contributed by atoms with E-state index in [1.807, 2.05) is 12.1 Å². The smallest absolute Gasteiger partial charge is 0.389 e. The van der Waals surface area contributed by atoms with Crippen LogP contribution in [0.4, 0.5) is 18.9 Å². The number of primary amides is 1. The van der Waals surface area contributed by atoms with Crippen LogP contribution >= 0.6 is 0 Å². The molecule has 5 N–H and O–H groups in total. The van der Waals surface area contributed by atoms with Crippen molar-refractivity contribution in [3.05, 3.63) is 113 Å². The number of oxazole rings is 1. The number of carbonyl (C=O) groups excluding carboxylic acids is 6. The number of rotatable bonds is 19. The minimum atomic E-state index is -4.35. The Kier molecular flexibility index (Phi) is 13.9. The summed E-state index contributed by atoms with van der Waals surface area (Å²) in [5, 5.41) is 11.8. The number of pyridine rings is 1. The number of piperidine rings is 1. The molecule has 0 spiro atoms. The molecular weight excluding hydrogens is 844 g/mol. The Morgan fingerprint density at radius 1 is 0.969 bits per heavy atom. The first kappa shape index (κ1) is 44.8. The van der Waals surface area contributed by atoms with E-state index in [-0.39, 0.29) is 72.4 Å². The Bertz CT molecular complexity index is 2560. The fourth-order valence-corrected chi connectivity index (χ4v) is 7.17. The average Bonchev–Trinajstić information content (AvgIpc) is 4.02. The van der Waals surface area contributed by atoms with Gasteiger partial charge in [0.2, 0.25) is 17.7 Å². The minimum Gasteiger partial charge on any atom is -0.444 e. The van der Waals surface area contributed by atoms with E-state index in [2.05, 4.69) is 31.0 Å². The van der Waals surface area contributed by atoms with Crippen LogP contribution in [-0.2, 0) is 38.4 Å². The van der Waals surface area contributed by atoms with Gasteiger partial charge < -0.3 is 35.2 Å². The first-order valence-electron chi connectivity index (χ1n) is 20.2. The molecule has 1 atom stereocenters. The number of aromatic nitrogens is 4. The zero-order valence-electron chi connectivity index (χ0n) is 34.1. The predicted octanol–water partition coefficient (Wildman–Crippen LogP) is 3.93. The van der Waals surface area contributed by atoms with Crippen LogP contribution in [0.5, 0.6) is 0 Å². The number of alkyl halides is 3. The molecule has 334 valence electrons. The Balaban J connectivity index is 0.813. The SMILES string of the molecule is NC(=O)c1nn(-c2ccc(C(=O)NCCOCCOCCCc3cccc4c3CN(C3CCC(=O)NC3=O)C4=O)cc2)cc1NC(=O)c1coc(-c2ccnc(CCC(F)(F)F)c2)n1. The summed E-state index contributed by atoms with van der Waals surface area (Å²) in [6.45, 7) is 1.91. The molecule has 2 aliphatic rings. The predicted molar refractivity (Wildman–Crippen MR) is 219 cm³/mol. The van der Waals surface area contributed by atoms with E-state index in [0.717, 1.165) is 17.4 Å². The molecule has 5 aromatic rings. The van der Waals surface area contributed by atoms with E-state index in [1.54, 1.807) is 30.3 Å². The first-order valence-corrected chi connectivity index (χ1v) is 20.2. The lowest BCUT2D eigenvalue weighted by Crippen LogP contribution is -2.52. The molecule has 0 bridgehead atoms. The lowest BCUT2D eigenvalue weighted by molar-refractivity contribution is -0.137. The number of ether oxygens (including phenoxy) is 2. The molecule has 3 aromatic heterocycles. The average molecular weight is 886 g/mol. The largest absolute Gasteiger partial charge is 0.444 e. The highest BCUT2D eigenvalue weighted by Gasteiger charge is 2.39. The summed E-state index contributed by atoms with van der Waals surface area (Å²) in [5.74, 6) is -3.08. The summed E-state index contributed by atoms with van der Waals surface area (Å²) in [6, 6.07) is 14.0. The van der Waals surface area contributed by atoms with Gasteiger partial charge in [0.05, 0.1) is 37.4 Å². The van der Waals surface area contributed by atoms with Gasteiger partial charge in [-0.25, -0.2) is 9.67 Å². The second-order valence-electron chi connectivity index (χ2n) is 14.8. The standard InChI is InChI=1S/C43H42F3N9O9/c44-43(45,46)14-12-28-21-27(13-15-48-28)41-51-33(24-64-41)39(59)50-32-23-55(53-36(32)37(47)57)29-8-6-26(7-9-29)38(58)49-16-18-63-20-19-62-17-2-4-25-3-1-5-30-31(25)22-54(42(30)61)34-10-11-35(56)52-40(34)60/h1,3,5-9,13,15,21,23-24,34H,2,4,10-12,14,16-20,22H2,(H2,47,57)(H,49,58)(H,50,59)(H,52,56,60). The summed E-state index contributed by atoms with van der Waals surface area (Å²) < 4.78 is 56.0. The maximum Gasteiger partial charge on any atom is 0.389 e. The van der Waals surface area contributed by atoms with Crippen LogP contribution in [-0.4, -0.2) is 105 Å². The molecule has 0 aliphatic carbocycles. The van der Waals surface area contributed by atoms with Gasteiger partial charge in [-0.3, -0.25) is 39.1 Å². The molecule has 6 amide bonds. The number of nitrogens with zero attached hydrogens (tertiary/aromatic N) is 5. The van der Waals surface area contributed by atoms with Gasteiger partial charge in [-0.2, -0.15) is 18.3 Å². The van der Waals surface area contributed by atoms with Crippen molar-refractivity contribution in [3.63, 3.8) is 0 Å². The van der Waals surface area contributed by atoms with Crippen molar-refractivity contribution in [1.29, 1.82) is 0 Å². The van der Waals surface area contributed by atoms with Crippen molar-refractivity contribution >= 4 is 41.1 Å². The molecule has 2 aromatic carbocycles. The van der Waals surface area contributed by atoms with Gasteiger partial charge in [0.15, 0.2) is 11.4 Å². The normalized spacial score (nSPS) is 15.0. The van der Waals surface area contributed by atoms with Gasteiger partial charge in [0.1, 0.15) is 12.3 Å². The molecule has 21 heteroatoms. The summed E-state index contributed by atoms with van der Waals surface area (Å²) in [4.78, 5) is 84.7. The maximum atomic E-state index is 13.1. The van der Waals surface area contributed by atoms with E-state index in [4.69, 9.17) is 19.6 Å². The van der Waals surface area contributed by atoms with E-state index in [9.17, 15) is 41.9 Å². The second-order valence-corrected chi connectivity index (χ2v) is 14.8. The Hall–Kier alpha value is -7.26. The molecule has 1 unspecified atom stereocenters. The van der Waals surface area contributed by atoms with Crippen LogP contribution in [0.3, 0.4) is 0 Å². The van der Waals surface area contributed by atoms with Gasteiger partial charge >= 0.3 is 6.18 Å². The molecule has 5 heterocycles. The molecule has 0 radical (unpaired) electrons. The molecule has 0 saturated carbocycles. The Labute approximate surface area is 362 Å². The fraction of sp³-hybridized carbons (Fsp3) is 0.326. The topological polar surface area (TPSA) is 243 Å². The number of nitrogens with two attached hydrogens (primary N) is 1. The van der Waals surface area contributed by atoms with Crippen molar-refractivity contribution in [3.8, 4) is 17.1 Å². The third-order valence-electron chi connectivity index (χ3n) is 10.4. The van der Waals surface area contributed by atoms with Gasteiger partial charge in [0.25, 0.3) is 23.6 Å². The summed E-state index contributed by atoms with van der Waals surface area (Å²) in [5.41, 5.74) is 8.77. The van der Waals surface area contributed by atoms with Crippen LogP contribution in [0.25, 0.3) is 17.1 Å². The molecule has 1 fully saturated rings. The Morgan fingerprint density at radius 3 is 2.50 bits per heavy atom. The molecule has 1 saturated heterocycles. The number of imide groups is 1. The van der Waals surface area contributed by atoms with Crippen LogP contribution in [0.2, 0.25) is 0 Å². The quantitative estimate of drug-likeness (QED) is 0.0682. The highest BCUT2D eigenvalue weighted by molar-refractivity contribution is 6.07.